The molecule has 304 valence electrons. The molecule has 16 heteroatoms. The maximum Gasteiger partial charge on any atom is 0.386 e. The van der Waals surface area contributed by atoms with Crippen molar-refractivity contribution in [3.05, 3.63) is 112 Å². The number of ether oxygens (including phenoxy) is 2. The molecule has 0 bridgehead atoms. The number of fused-ring (bicyclic) bond motifs is 2. The van der Waals surface area contributed by atoms with Crippen molar-refractivity contribution >= 4 is 58.0 Å². The standard InChI is InChI=1S/C21H21N5O3.C18H20N4O.C4H5NO2/c1-13-5-7-14(8-6-13)17-16(11-15(23-2)21(28)29-3)26(9-4-10-27)20-18(17)19(22)24-12-25-20;1-3-4-9-22-14(10-23)15(13-7-5-12(2)6-8-13)16-17(19)20-11-21-18(16)22;1-5-3-4(6)7-2/h5-8,11-12,27H,4,9-10H2,1,3H3,(H2,22,24,25);5-8,10-11H,3-4,9H2,1-2H3,(H2,19,20,21);3H2,2H3/b15-11-;;. The van der Waals surface area contributed by atoms with Gasteiger partial charge in [-0.2, -0.15) is 0 Å². The summed E-state index contributed by atoms with van der Waals surface area (Å²) < 4.78 is 12.7. The molecule has 0 radical (unpaired) electrons. The van der Waals surface area contributed by atoms with E-state index in [1.807, 2.05) is 71.5 Å². The second kappa shape index (κ2) is 21.2. The van der Waals surface area contributed by atoms with Gasteiger partial charge in [0.25, 0.3) is 5.70 Å². The average molecular weight is 799 g/mol. The number of methoxy groups -OCH3 is 2. The first-order valence-electron chi connectivity index (χ1n) is 18.5. The highest BCUT2D eigenvalue weighted by Gasteiger charge is 2.24. The summed E-state index contributed by atoms with van der Waals surface area (Å²) in [5.41, 5.74) is 20.3. The van der Waals surface area contributed by atoms with Crippen LogP contribution in [0.5, 0.6) is 0 Å². The number of esters is 2. The van der Waals surface area contributed by atoms with Gasteiger partial charge in [0.15, 0.2) is 6.29 Å². The number of carbonyl (C=O) groups excluding carboxylic acids is 3. The zero-order valence-corrected chi connectivity index (χ0v) is 33.6. The number of hydrogen-bond donors (Lipinski definition) is 3. The molecule has 5 N–H and O–H groups in total. The number of aliphatic hydroxyl groups excluding tert-OH is 1. The molecule has 0 atom stereocenters. The lowest BCUT2D eigenvalue weighted by Gasteiger charge is -2.09. The Hall–Kier alpha value is -7.43. The van der Waals surface area contributed by atoms with Gasteiger partial charge in [-0.3, -0.25) is 9.59 Å². The van der Waals surface area contributed by atoms with Crippen LogP contribution in [0, 0.1) is 27.0 Å². The van der Waals surface area contributed by atoms with Gasteiger partial charge in [0, 0.05) is 36.5 Å². The molecular weight excluding hydrogens is 753 g/mol. The number of rotatable bonds is 12. The second-order valence-electron chi connectivity index (χ2n) is 13.0. The van der Waals surface area contributed by atoms with Crippen molar-refractivity contribution in [1.29, 1.82) is 0 Å². The Morgan fingerprint density at radius 3 is 1.68 bits per heavy atom. The quantitative estimate of drug-likeness (QED) is 0.0525. The van der Waals surface area contributed by atoms with Crippen LogP contribution in [0.2, 0.25) is 0 Å². The first-order valence-corrected chi connectivity index (χ1v) is 18.5. The monoisotopic (exact) mass is 798 g/mol. The van der Waals surface area contributed by atoms with Crippen molar-refractivity contribution in [1.82, 2.24) is 29.1 Å². The fourth-order valence-corrected chi connectivity index (χ4v) is 6.22. The summed E-state index contributed by atoms with van der Waals surface area (Å²) in [5, 5.41) is 10.7. The van der Waals surface area contributed by atoms with Crippen LogP contribution in [-0.2, 0) is 32.2 Å². The smallest absolute Gasteiger partial charge is 0.386 e. The van der Waals surface area contributed by atoms with Crippen molar-refractivity contribution in [3.8, 4) is 22.3 Å². The van der Waals surface area contributed by atoms with E-state index in [4.69, 9.17) is 29.3 Å². The zero-order chi connectivity index (χ0) is 43.1. The number of nitrogen functional groups attached to an aromatic ring is 2. The lowest BCUT2D eigenvalue weighted by atomic mass is 10.0. The molecule has 2 aromatic carbocycles. The van der Waals surface area contributed by atoms with Crippen LogP contribution >= 0.6 is 0 Å². The molecule has 0 aliphatic heterocycles. The number of carbonyl (C=O) groups is 3. The van der Waals surface area contributed by atoms with E-state index in [2.05, 4.69) is 41.3 Å². The van der Waals surface area contributed by atoms with E-state index < -0.39 is 11.9 Å². The minimum Gasteiger partial charge on any atom is -0.474 e. The van der Waals surface area contributed by atoms with Crippen molar-refractivity contribution in [3.63, 3.8) is 0 Å². The Kier molecular flexibility index (Phi) is 15.9. The molecule has 4 aromatic heterocycles. The third-order valence-electron chi connectivity index (χ3n) is 9.11. The Labute approximate surface area is 341 Å². The maximum absolute atomic E-state index is 12.0. The van der Waals surface area contributed by atoms with Gasteiger partial charge in [0.2, 0.25) is 0 Å². The third kappa shape index (κ3) is 10.3. The van der Waals surface area contributed by atoms with Crippen molar-refractivity contribution < 1.29 is 29.0 Å². The SMILES string of the molecule is CCCCn1c(C=O)c(-c2ccc(C)cc2)c2c(N)ncnc21.[C-]#[N+]/C(=C\c1c(-c2ccc(C)cc2)c2c(N)ncnc2n1CCCO)C(=O)OC.[C-]#[N+]CC(=O)OC. The van der Waals surface area contributed by atoms with Crippen molar-refractivity contribution in [2.75, 3.05) is 38.8 Å². The number of aryl methyl sites for hydroxylation is 4. The van der Waals surface area contributed by atoms with Crippen molar-refractivity contribution in [2.45, 2.75) is 53.1 Å². The molecule has 16 nitrogen and oxygen atoms in total. The highest BCUT2D eigenvalue weighted by atomic mass is 16.5. The third-order valence-corrected chi connectivity index (χ3v) is 9.11. The Balaban J connectivity index is 0.000000229. The lowest BCUT2D eigenvalue weighted by Crippen LogP contribution is -2.06. The number of nitrogens with two attached hydrogens (primary N) is 2. The predicted octanol–water partition coefficient (Wildman–Crippen LogP) is 6.48. The number of hydrogen-bond acceptors (Lipinski definition) is 12. The van der Waals surface area contributed by atoms with Crippen LogP contribution in [0.25, 0.3) is 60.1 Å². The Morgan fingerprint density at radius 2 is 1.27 bits per heavy atom. The number of anilines is 2. The van der Waals surface area contributed by atoms with Gasteiger partial charge < -0.3 is 40.0 Å². The first kappa shape index (κ1) is 44.3. The maximum atomic E-state index is 12.0. The van der Waals surface area contributed by atoms with Crippen LogP contribution in [0.4, 0.5) is 11.6 Å². The first-order chi connectivity index (χ1) is 28.5. The molecular formula is C43H46N10O6. The van der Waals surface area contributed by atoms with E-state index in [1.165, 1.54) is 38.5 Å². The number of aldehydes is 1. The normalized spacial score (nSPS) is 10.7. The van der Waals surface area contributed by atoms with Crippen LogP contribution in [-0.4, -0.2) is 79.8 Å². The molecule has 0 aliphatic rings. The Bertz CT molecular complexity index is 2540. The molecule has 4 heterocycles. The molecule has 0 saturated carbocycles. The Morgan fingerprint density at radius 1 is 0.780 bits per heavy atom. The summed E-state index contributed by atoms with van der Waals surface area (Å²) >= 11 is 0. The van der Waals surface area contributed by atoms with Gasteiger partial charge >= 0.3 is 18.5 Å². The topological polar surface area (TPSA) is 212 Å². The molecule has 6 rings (SSSR count). The average Bonchev–Trinajstić information content (AvgIpc) is 3.74. The molecule has 0 fully saturated rings. The summed E-state index contributed by atoms with van der Waals surface area (Å²) in [6.45, 7) is 20.7. The molecule has 0 saturated heterocycles. The number of aliphatic hydroxyl groups is 1. The minimum atomic E-state index is -0.729. The van der Waals surface area contributed by atoms with E-state index in [-0.39, 0.29) is 18.8 Å². The number of benzene rings is 2. The summed E-state index contributed by atoms with van der Waals surface area (Å²) in [4.78, 5) is 57.0. The van der Waals surface area contributed by atoms with Crippen LogP contribution in [0.3, 0.4) is 0 Å². The zero-order valence-electron chi connectivity index (χ0n) is 33.6. The minimum absolute atomic E-state index is 0.0179. The summed E-state index contributed by atoms with van der Waals surface area (Å²) in [5.74, 6) is -0.503. The molecule has 0 amide bonds. The fourth-order valence-electron chi connectivity index (χ4n) is 6.22. The fraction of sp³-hybridized carbons (Fsp3) is 0.279. The molecule has 59 heavy (non-hydrogen) atoms. The molecule has 6 aromatic rings. The van der Waals surface area contributed by atoms with Crippen LogP contribution < -0.4 is 11.5 Å². The van der Waals surface area contributed by atoms with E-state index >= 15 is 0 Å². The predicted molar refractivity (Wildman–Crippen MR) is 226 cm³/mol. The van der Waals surface area contributed by atoms with Gasteiger partial charge in [-0.25, -0.2) is 36.1 Å². The van der Waals surface area contributed by atoms with Crippen LogP contribution in [0.15, 0.2) is 66.9 Å². The van der Waals surface area contributed by atoms with Crippen molar-refractivity contribution in [2.24, 2.45) is 0 Å². The second-order valence-corrected chi connectivity index (χ2v) is 13.0. The summed E-state index contributed by atoms with van der Waals surface area (Å²) in [6, 6.07) is 15.9. The molecule has 0 aliphatic carbocycles. The molecule has 0 unspecified atom stereocenters. The van der Waals surface area contributed by atoms with Gasteiger partial charge in [0.1, 0.15) is 35.6 Å². The van der Waals surface area contributed by atoms with Gasteiger partial charge in [-0.15, -0.1) is 0 Å². The highest BCUT2D eigenvalue weighted by Crippen LogP contribution is 2.39. The lowest BCUT2D eigenvalue weighted by molar-refractivity contribution is -0.138. The van der Waals surface area contributed by atoms with E-state index in [1.54, 1.807) is 0 Å². The van der Waals surface area contributed by atoms with Crippen LogP contribution in [0.1, 0.15) is 53.5 Å². The van der Waals surface area contributed by atoms with E-state index in [0.717, 1.165) is 64.5 Å². The molecule has 0 spiro atoms. The summed E-state index contributed by atoms with van der Waals surface area (Å²) in [7, 11) is 2.49. The van der Waals surface area contributed by atoms with Gasteiger partial charge in [0.05, 0.1) is 37.3 Å². The van der Waals surface area contributed by atoms with E-state index in [9.17, 15) is 19.5 Å². The number of nitrogens with zero attached hydrogens (tertiary/aromatic N) is 8. The number of unbranched alkanes of at least 4 members (excludes halogenated alkanes) is 1. The highest BCUT2D eigenvalue weighted by molar-refractivity contribution is 6.08. The number of aromatic nitrogens is 6. The largest absolute Gasteiger partial charge is 0.474 e. The van der Waals surface area contributed by atoms with Gasteiger partial charge in [-0.05, 0) is 43.9 Å². The van der Waals surface area contributed by atoms with E-state index in [0.29, 0.717) is 47.0 Å². The van der Waals surface area contributed by atoms with Gasteiger partial charge in [-0.1, -0.05) is 73.0 Å². The summed E-state index contributed by atoms with van der Waals surface area (Å²) in [6.07, 6.45) is 7.68.